The normalized spacial score (nSPS) is 13.1. The molecule has 0 bridgehead atoms. The van der Waals surface area contributed by atoms with Gasteiger partial charge >= 0.3 is 5.97 Å². The van der Waals surface area contributed by atoms with Gasteiger partial charge in [-0.25, -0.2) is 9.78 Å². The van der Waals surface area contributed by atoms with Gasteiger partial charge in [-0.15, -0.1) is 11.3 Å². The number of rotatable bonds is 2. The standard InChI is InChI=1S/C17H12ClN3O3S2/c1-8-12-14(26-13(8)16(23)24-2)19-17-21(15(12)22)20-11(7-25-17)9-3-5-10(18)6-4-9/h3-7,20H,1-2H3. The minimum absolute atomic E-state index is 0.249. The van der Waals surface area contributed by atoms with Gasteiger partial charge in [0.1, 0.15) is 9.71 Å². The molecule has 0 atom stereocenters. The third-order valence-corrected chi connectivity index (χ3v) is 6.23. The molecule has 1 aromatic carbocycles. The fourth-order valence-electron chi connectivity index (χ4n) is 2.65. The Hall–Kier alpha value is -2.29. The zero-order valence-electron chi connectivity index (χ0n) is 13.7. The second-order valence-electron chi connectivity index (χ2n) is 5.53. The summed E-state index contributed by atoms with van der Waals surface area (Å²) in [6, 6.07) is 7.31. The fraction of sp³-hybridized carbons (Fsp3) is 0.118. The maximum Gasteiger partial charge on any atom is 0.348 e. The molecular formula is C17H12ClN3O3S2. The number of halogens is 1. The van der Waals surface area contributed by atoms with Gasteiger partial charge in [-0.05, 0) is 24.6 Å². The summed E-state index contributed by atoms with van der Waals surface area (Å²) in [6.45, 7) is 1.73. The lowest BCUT2D eigenvalue weighted by Crippen LogP contribution is -2.32. The molecule has 3 heterocycles. The number of fused-ring (bicyclic) bond motifs is 2. The van der Waals surface area contributed by atoms with Crippen molar-refractivity contribution in [1.82, 2.24) is 9.66 Å². The molecule has 0 saturated carbocycles. The molecule has 4 rings (SSSR count). The highest BCUT2D eigenvalue weighted by atomic mass is 35.5. The minimum atomic E-state index is -0.464. The highest BCUT2D eigenvalue weighted by Crippen LogP contribution is 2.32. The third-order valence-electron chi connectivity index (χ3n) is 3.97. The summed E-state index contributed by atoms with van der Waals surface area (Å²) in [4.78, 5) is 30.4. The summed E-state index contributed by atoms with van der Waals surface area (Å²) >= 11 is 8.44. The van der Waals surface area contributed by atoms with Crippen molar-refractivity contribution in [2.75, 3.05) is 12.5 Å². The van der Waals surface area contributed by atoms with Gasteiger partial charge in [0.2, 0.25) is 0 Å². The Kier molecular flexibility index (Phi) is 4.26. The van der Waals surface area contributed by atoms with Gasteiger partial charge < -0.3 is 4.74 Å². The number of carbonyl (C=O) groups excluding carboxylic acids is 1. The first-order valence-corrected chi connectivity index (χ1v) is 9.61. The van der Waals surface area contributed by atoms with Gasteiger partial charge in [0.15, 0.2) is 5.16 Å². The van der Waals surface area contributed by atoms with E-state index in [-0.39, 0.29) is 5.56 Å². The van der Waals surface area contributed by atoms with Crippen molar-refractivity contribution < 1.29 is 9.53 Å². The van der Waals surface area contributed by atoms with E-state index in [1.165, 1.54) is 34.9 Å². The zero-order valence-corrected chi connectivity index (χ0v) is 16.1. The second kappa shape index (κ2) is 6.46. The molecule has 0 aliphatic carbocycles. The molecule has 3 aromatic rings. The maximum atomic E-state index is 13.0. The summed E-state index contributed by atoms with van der Waals surface area (Å²) in [7, 11) is 1.32. The number of ether oxygens (including phenoxy) is 1. The van der Waals surface area contributed by atoms with Crippen molar-refractivity contribution in [3.63, 3.8) is 0 Å². The van der Waals surface area contributed by atoms with E-state index in [2.05, 4.69) is 10.4 Å². The molecule has 132 valence electrons. The fourth-order valence-corrected chi connectivity index (χ4v) is 4.71. The van der Waals surface area contributed by atoms with E-state index < -0.39 is 5.97 Å². The average Bonchev–Trinajstić information content (AvgIpc) is 2.98. The van der Waals surface area contributed by atoms with Crippen molar-refractivity contribution in [3.8, 4) is 0 Å². The van der Waals surface area contributed by atoms with Gasteiger partial charge in [-0.3, -0.25) is 10.2 Å². The van der Waals surface area contributed by atoms with E-state index in [1.807, 2.05) is 17.5 Å². The molecule has 26 heavy (non-hydrogen) atoms. The summed E-state index contributed by atoms with van der Waals surface area (Å²) in [5, 5.41) is 3.46. The van der Waals surface area contributed by atoms with Crippen LogP contribution in [0.2, 0.25) is 5.02 Å². The van der Waals surface area contributed by atoms with Crippen LogP contribution in [0.1, 0.15) is 20.8 Å². The molecule has 0 radical (unpaired) electrons. The number of hydrogen-bond acceptors (Lipinski definition) is 7. The van der Waals surface area contributed by atoms with E-state index in [0.29, 0.717) is 30.8 Å². The van der Waals surface area contributed by atoms with Crippen molar-refractivity contribution in [2.45, 2.75) is 12.1 Å². The van der Waals surface area contributed by atoms with Crippen molar-refractivity contribution in [1.29, 1.82) is 0 Å². The number of thiophene rings is 1. The van der Waals surface area contributed by atoms with E-state index >= 15 is 0 Å². The Labute approximate surface area is 161 Å². The number of hydrogen-bond donors (Lipinski definition) is 1. The number of thioether (sulfide) groups is 1. The SMILES string of the molecule is COC(=O)c1sc2nc3n(c(=O)c2c1C)NC(c1ccc(Cl)cc1)=CS3. The second-order valence-corrected chi connectivity index (χ2v) is 7.80. The maximum absolute atomic E-state index is 13.0. The lowest BCUT2D eigenvalue weighted by Gasteiger charge is -2.20. The molecule has 9 heteroatoms. The molecule has 0 saturated heterocycles. The highest BCUT2D eigenvalue weighted by molar-refractivity contribution is 8.02. The van der Waals surface area contributed by atoms with Crippen molar-refractivity contribution in [3.05, 3.63) is 61.1 Å². The molecule has 1 aliphatic rings. The predicted molar refractivity (Wildman–Crippen MR) is 105 cm³/mol. The van der Waals surface area contributed by atoms with E-state index in [4.69, 9.17) is 16.3 Å². The molecular weight excluding hydrogens is 394 g/mol. The first-order chi connectivity index (χ1) is 12.5. The summed E-state index contributed by atoms with van der Waals surface area (Å²) in [6.07, 6.45) is 0. The van der Waals surface area contributed by atoms with Crippen LogP contribution in [0.4, 0.5) is 0 Å². The number of methoxy groups -OCH3 is 1. The number of aryl methyl sites for hydroxylation is 1. The van der Waals surface area contributed by atoms with Crippen molar-refractivity contribution >= 4 is 56.6 Å². The van der Waals surface area contributed by atoms with Crippen LogP contribution < -0.4 is 11.0 Å². The highest BCUT2D eigenvalue weighted by Gasteiger charge is 2.24. The number of nitrogens with one attached hydrogen (secondary N) is 1. The Morgan fingerprint density at radius 1 is 1.31 bits per heavy atom. The Morgan fingerprint density at radius 3 is 2.73 bits per heavy atom. The molecule has 0 fully saturated rings. The smallest absolute Gasteiger partial charge is 0.348 e. The molecule has 0 spiro atoms. The number of aromatic nitrogens is 2. The van der Waals surface area contributed by atoms with Gasteiger partial charge in [-0.1, -0.05) is 35.5 Å². The zero-order chi connectivity index (χ0) is 18.4. The Bertz CT molecular complexity index is 1130. The Balaban J connectivity index is 1.82. The number of carbonyl (C=O) groups is 1. The van der Waals surface area contributed by atoms with Gasteiger partial charge in [-0.2, -0.15) is 4.68 Å². The lowest BCUT2D eigenvalue weighted by atomic mass is 10.2. The molecule has 0 amide bonds. The lowest BCUT2D eigenvalue weighted by molar-refractivity contribution is 0.0605. The molecule has 1 aliphatic heterocycles. The monoisotopic (exact) mass is 405 g/mol. The van der Waals surface area contributed by atoms with E-state index in [1.54, 1.807) is 19.1 Å². The number of benzene rings is 1. The molecule has 0 unspecified atom stereocenters. The van der Waals surface area contributed by atoms with Crippen LogP contribution in [0.3, 0.4) is 0 Å². The van der Waals surface area contributed by atoms with Crippen LogP contribution in [-0.4, -0.2) is 22.7 Å². The summed E-state index contributed by atoms with van der Waals surface area (Å²) in [5.41, 5.74) is 5.10. The Morgan fingerprint density at radius 2 is 2.04 bits per heavy atom. The van der Waals surface area contributed by atoms with Gasteiger partial charge in [0.25, 0.3) is 5.56 Å². The van der Waals surface area contributed by atoms with Crippen LogP contribution in [0.25, 0.3) is 15.9 Å². The predicted octanol–water partition coefficient (Wildman–Crippen LogP) is 3.85. The third kappa shape index (κ3) is 2.70. The summed E-state index contributed by atoms with van der Waals surface area (Å²) < 4.78 is 6.19. The van der Waals surface area contributed by atoms with E-state index in [9.17, 15) is 9.59 Å². The first-order valence-electron chi connectivity index (χ1n) is 7.54. The van der Waals surface area contributed by atoms with Crippen molar-refractivity contribution in [2.24, 2.45) is 0 Å². The van der Waals surface area contributed by atoms with Crippen LogP contribution in [-0.2, 0) is 4.74 Å². The number of esters is 1. The van der Waals surface area contributed by atoms with Gasteiger partial charge in [0, 0.05) is 16.0 Å². The van der Waals surface area contributed by atoms with Crippen LogP contribution >= 0.6 is 34.7 Å². The minimum Gasteiger partial charge on any atom is -0.465 e. The molecule has 6 nitrogen and oxygen atoms in total. The quantitative estimate of drug-likeness (QED) is 0.515. The summed E-state index contributed by atoms with van der Waals surface area (Å²) in [5.74, 6) is -0.464. The topological polar surface area (TPSA) is 73.2 Å². The molecule has 2 aromatic heterocycles. The molecule has 1 N–H and O–H groups in total. The van der Waals surface area contributed by atoms with Gasteiger partial charge in [0.05, 0.1) is 18.2 Å². The number of nitrogens with zero attached hydrogens (tertiary/aromatic N) is 2. The van der Waals surface area contributed by atoms with Crippen LogP contribution in [0.5, 0.6) is 0 Å². The van der Waals surface area contributed by atoms with Crippen LogP contribution in [0.15, 0.2) is 39.6 Å². The average molecular weight is 406 g/mol. The largest absolute Gasteiger partial charge is 0.465 e. The van der Waals surface area contributed by atoms with Crippen LogP contribution in [0, 0.1) is 6.92 Å². The first kappa shape index (κ1) is 17.1. The van der Waals surface area contributed by atoms with E-state index in [0.717, 1.165) is 11.3 Å².